The molecule has 0 fully saturated rings. The molecule has 0 aliphatic heterocycles. The van der Waals surface area contributed by atoms with E-state index in [9.17, 15) is 0 Å². The molecule has 0 bridgehead atoms. The fourth-order valence-electron chi connectivity index (χ4n) is 4.00. The summed E-state index contributed by atoms with van der Waals surface area (Å²) in [7, 11) is 0. The Morgan fingerprint density at radius 2 is 1.33 bits per heavy atom. The number of benzene rings is 4. The van der Waals surface area contributed by atoms with Crippen LogP contribution < -0.4 is 0 Å². The van der Waals surface area contributed by atoms with E-state index in [1.807, 2.05) is 0 Å². The maximum absolute atomic E-state index is 2.46. The van der Waals surface area contributed by atoms with Crippen LogP contribution in [-0.4, -0.2) is 14.5 Å². The van der Waals surface area contributed by atoms with E-state index in [0.717, 1.165) is 6.42 Å². The van der Waals surface area contributed by atoms with Crippen LogP contribution in [0.4, 0.5) is 0 Å². The quantitative estimate of drug-likeness (QED) is 0.249. The molecule has 0 spiro atoms. The van der Waals surface area contributed by atoms with Crippen LogP contribution in [0, 0.1) is 13.8 Å². The summed E-state index contributed by atoms with van der Waals surface area (Å²) in [6, 6.07) is 35.9. The Morgan fingerprint density at radius 3 is 2.10 bits per heavy atom. The Kier molecular flexibility index (Phi) is 5.17. The second-order valence-corrected chi connectivity index (χ2v) is 10.2. The summed E-state index contributed by atoms with van der Waals surface area (Å²) in [5.74, 6) is 0. The van der Waals surface area contributed by atoms with Crippen LogP contribution in [0.25, 0.3) is 30.8 Å². The van der Waals surface area contributed by atoms with Crippen molar-refractivity contribution in [2.75, 3.05) is 0 Å². The minimum absolute atomic E-state index is 0.291. The molecular weight excluding hydrogens is 427 g/mol. The van der Waals surface area contributed by atoms with Gasteiger partial charge in [0.1, 0.15) is 0 Å². The van der Waals surface area contributed by atoms with Crippen LogP contribution in [0.15, 0.2) is 97.1 Å². The predicted octanol–water partition coefficient (Wildman–Crippen LogP) is 7.44. The molecule has 0 amide bonds. The van der Waals surface area contributed by atoms with Crippen molar-refractivity contribution >= 4 is 25.3 Å². The Labute approximate surface area is 184 Å². The van der Waals surface area contributed by atoms with Gasteiger partial charge in [-0.1, -0.05) is 0 Å². The SMILES string of the molecule is Cc1ccc(Cc2cc(-c3ccc(C)cc3)[se]c2-c2cccc3ccccc23)cc1. The molecule has 5 aromatic rings. The molecule has 0 nitrogen and oxygen atoms in total. The van der Waals surface area contributed by atoms with E-state index < -0.39 is 0 Å². The van der Waals surface area contributed by atoms with Gasteiger partial charge in [-0.3, -0.25) is 0 Å². The summed E-state index contributed by atoms with van der Waals surface area (Å²) in [4.78, 5) is 0. The molecule has 30 heavy (non-hydrogen) atoms. The van der Waals surface area contributed by atoms with Crippen molar-refractivity contribution in [1.29, 1.82) is 0 Å². The van der Waals surface area contributed by atoms with Gasteiger partial charge >= 0.3 is 185 Å². The van der Waals surface area contributed by atoms with Gasteiger partial charge in [0.05, 0.1) is 0 Å². The molecule has 0 saturated heterocycles. The van der Waals surface area contributed by atoms with E-state index in [4.69, 9.17) is 0 Å². The third-order valence-corrected chi connectivity index (χ3v) is 8.34. The Morgan fingerprint density at radius 1 is 0.667 bits per heavy atom. The normalized spacial score (nSPS) is 11.1. The fourth-order valence-corrected chi connectivity index (χ4v) is 6.57. The van der Waals surface area contributed by atoms with E-state index in [1.165, 1.54) is 53.0 Å². The van der Waals surface area contributed by atoms with Crippen molar-refractivity contribution in [1.82, 2.24) is 0 Å². The molecule has 0 aliphatic carbocycles. The van der Waals surface area contributed by atoms with Gasteiger partial charge in [-0.2, -0.15) is 0 Å². The zero-order valence-corrected chi connectivity index (χ0v) is 19.1. The molecule has 5 rings (SSSR count). The first-order chi connectivity index (χ1) is 14.7. The zero-order valence-electron chi connectivity index (χ0n) is 17.4. The second-order valence-electron chi connectivity index (χ2n) is 8.02. The first kappa shape index (κ1) is 19.1. The van der Waals surface area contributed by atoms with Crippen molar-refractivity contribution in [3.05, 3.63) is 119 Å². The summed E-state index contributed by atoms with van der Waals surface area (Å²) in [5.41, 5.74) is 8.22. The van der Waals surface area contributed by atoms with Crippen molar-refractivity contribution in [2.45, 2.75) is 20.3 Å². The number of hydrogen-bond acceptors (Lipinski definition) is 0. The van der Waals surface area contributed by atoms with Crippen molar-refractivity contribution in [3.8, 4) is 20.0 Å². The Balaban J connectivity index is 1.67. The third kappa shape index (κ3) is 3.79. The molecule has 0 N–H and O–H groups in total. The van der Waals surface area contributed by atoms with Crippen LogP contribution >= 0.6 is 0 Å². The van der Waals surface area contributed by atoms with Crippen LogP contribution in [-0.2, 0) is 6.42 Å². The maximum atomic E-state index is 2.46. The molecule has 1 heteroatoms. The van der Waals surface area contributed by atoms with Crippen molar-refractivity contribution < 1.29 is 0 Å². The average Bonchev–Trinajstić information content (AvgIpc) is 3.19. The molecule has 1 heterocycles. The predicted molar refractivity (Wildman–Crippen MR) is 130 cm³/mol. The summed E-state index contributed by atoms with van der Waals surface area (Å²) < 4.78 is 3.00. The first-order valence-electron chi connectivity index (χ1n) is 10.4. The van der Waals surface area contributed by atoms with Gasteiger partial charge in [0.25, 0.3) is 0 Å². The molecule has 0 unspecified atom stereocenters. The third-order valence-electron chi connectivity index (χ3n) is 5.69. The summed E-state index contributed by atoms with van der Waals surface area (Å²) >= 11 is 0.291. The van der Waals surface area contributed by atoms with Gasteiger partial charge in [0, 0.05) is 0 Å². The van der Waals surface area contributed by atoms with Crippen LogP contribution in [0.3, 0.4) is 0 Å². The van der Waals surface area contributed by atoms with Crippen molar-refractivity contribution in [2.24, 2.45) is 0 Å². The molecule has 0 atom stereocenters. The number of fused-ring (bicyclic) bond motifs is 1. The molecule has 4 aromatic carbocycles. The second kappa shape index (κ2) is 8.11. The summed E-state index contributed by atoms with van der Waals surface area (Å²) in [6.45, 7) is 4.30. The van der Waals surface area contributed by atoms with Gasteiger partial charge in [-0.15, -0.1) is 0 Å². The van der Waals surface area contributed by atoms with E-state index >= 15 is 0 Å². The number of hydrogen-bond donors (Lipinski definition) is 0. The van der Waals surface area contributed by atoms with Gasteiger partial charge in [0.2, 0.25) is 0 Å². The Hall–Kier alpha value is -2.86. The van der Waals surface area contributed by atoms with Crippen LogP contribution in [0.1, 0.15) is 22.3 Å². The van der Waals surface area contributed by atoms with Gasteiger partial charge in [0.15, 0.2) is 0 Å². The topological polar surface area (TPSA) is 0 Å². The van der Waals surface area contributed by atoms with E-state index in [2.05, 4.69) is 111 Å². The standard InChI is InChI=1S/C29H24Se/c1-20-10-14-22(15-11-20)18-25-19-28(24-16-12-21(2)13-17-24)30-29(25)27-9-5-7-23-6-3-4-8-26(23)27/h3-17,19H,18H2,1-2H3. The van der Waals surface area contributed by atoms with E-state index in [1.54, 1.807) is 0 Å². The van der Waals surface area contributed by atoms with Gasteiger partial charge in [-0.05, 0) is 0 Å². The van der Waals surface area contributed by atoms with Crippen molar-refractivity contribution in [3.63, 3.8) is 0 Å². The van der Waals surface area contributed by atoms with Gasteiger partial charge < -0.3 is 0 Å². The van der Waals surface area contributed by atoms with Gasteiger partial charge in [-0.25, -0.2) is 0 Å². The van der Waals surface area contributed by atoms with Crippen LogP contribution in [0.2, 0.25) is 0 Å². The van der Waals surface area contributed by atoms with E-state index in [-0.39, 0.29) is 0 Å². The monoisotopic (exact) mass is 452 g/mol. The molecule has 0 aliphatic rings. The first-order valence-corrected chi connectivity index (χ1v) is 12.1. The summed E-state index contributed by atoms with van der Waals surface area (Å²) in [6.07, 6.45) is 0.982. The zero-order chi connectivity index (χ0) is 20.5. The number of aryl methyl sites for hydroxylation is 2. The van der Waals surface area contributed by atoms with Crippen LogP contribution in [0.5, 0.6) is 0 Å². The molecular formula is C29H24Se. The average molecular weight is 451 g/mol. The molecule has 0 saturated carbocycles. The minimum atomic E-state index is 0.291. The molecule has 146 valence electrons. The number of rotatable bonds is 4. The molecule has 0 radical (unpaired) electrons. The Bertz CT molecular complexity index is 1300. The molecule has 1 aromatic heterocycles. The fraction of sp³-hybridized carbons (Fsp3) is 0.103. The summed E-state index contributed by atoms with van der Waals surface area (Å²) in [5, 5.41) is 2.67. The van der Waals surface area contributed by atoms with E-state index in [0.29, 0.717) is 14.5 Å².